The lowest BCUT2D eigenvalue weighted by Crippen LogP contribution is -2.47. The molecule has 1 aliphatic carbocycles. The minimum atomic E-state index is -0.398. The average molecular weight is 448 g/mol. The van der Waals surface area contributed by atoms with E-state index in [4.69, 9.17) is 0 Å². The smallest absolute Gasteiger partial charge is 0.258 e. The normalized spacial score (nSPS) is 27.5. The number of nitrogens with one attached hydrogen (secondary N) is 1. The molecule has 3 aliphatic rings. The lowest BCUT2D eigenvalue weighted by molar-refractivity contribution is -0.128. The summed E-state index contributed by atoms with van der Waals surface area (Å²) in [5, 5.41) is 13.6. The zero-order chi connectivity index (χ0) is 23.1. The van der Waals surface area contributed by atoms with Crippen molar-refractivity contribution >= 4 is 12.0 Å². The van der Waals surface area contributed by atoms with E-state index in [1.807, 2.05) is 73.0 Å². The molecule has 1 saturated carbocycles. The molecule has 2 fully saturated rings. The molecular weight excluding hydrogens is 414 g/mol. The van der Waals surface area contributed by atoms with Crippen molar-refractivity contribution in [3.63, 3.8) is 0 Å². The van der Waals surface area contributed by atoms with Gasteiger partial charge in [0.25, 0.3) is 5.56 Å². The summed E-state index contributed by atoms with van der Waals surface area (Å²) in [6.07, 6.45) is 6.14. The largest absolute Gasteiger partial charge is 0.396 e. The van der Waals surface area contributed by atoms with Crippen LogP contribution in [-0.2, 0) is 11.3 Å². The van der Waals surface area contributed by atoms with Gasteiger partial charge in [0.1, 0.15) is 0 Å². The molecule has 2 aliphatic heterocycles. The van der Waals surface area contributed by atoms with Crippen molar-refractivity contribution in [2.45, 2.75) is 51.4 Å². The molecule has 0 unspecified atom stereocenters. The molecule has 0 spiro atoms. The number of hydrogen-bond donors (Lipinski definition) is 2. The van der Waals surface area contributed by atoms with Crippen LogP contribution < -0.4 is 10.9 Å². The lowest BCUT2D eigenvalue weighted by atomic mass is 9.86. The van der Waals surface area contributed by atoms with Crippen LogP contribution in [0.3, 0.4) is 0 Å². The first kappa shape index (κ1) is 22.1. The predicted molar refractivity (Wildman–Crippen MR) is 128 cm³/mol. The third-order valence-corrected chi connectivity index (χ3v) is 7.67. The molecule has 1 saturated heterocycles. The fourth-order valence-electron chi connectivity index (χ4n) is 5.83. The Balaban J connectivity index is 1.52. The van der Waals surface area contributed by atoms with Crippen LogP contribution in [0.4, 0.5) is 0 Å². The number of allylic oxidation sites excluding steroid dienone is 1. The van der Waals surface area contributed by atoms with Gasteiger partial charge in [0.05, 0.1) is 18.0 Å². The molecule has 3 heterocycles. The van der Waals surface area contributed by atoms with Crippen molar-refractivity contribution in [1.82, 2.24) is 14.8 Å². The van der Waals surface area contributed by atoms with Crippen molar-refractivity contribution in [1.29, 1.82) is 0 Å². The third kappa shape index (κ3) is 3.96. The van der Waals surface area contributed by atoms with Crippen LogP contribution in [-0.4, -0.2) is 39.7 Å². The molecule has 0 radical (unpaired) electrons. The van der Waals surface area contributed by atoms with Gasteiger partial charge in [-0.25, -0.2) is 0 Å². The first-order valence-corrected chi connectivity index (χ1v) is 12.1. The van der Waals surface area contributed by atoms with Crippen molar-refractivity contribution in [3.05, 3.63) is 75.7 Å². The van der Waals surface area contributed by atoms with Crippen molar-refractivity contribution in [2.75, 3.05) is 13.2 Å². The molecule has 6 nitrogen and oxygen atoms in total. The number of fused-ring (bicyclic) bond motifs is 4. The van der Waals surface area contributed by atoms with Crippen LogP contribution in [0.1, 0.15) is 55.6 Å². The van der Waals surface area contributed by atoms with Gasteiger partial charge < -0.3 is 15.0 Å². The van der Waals surface area contributed by atoms with Crippen molar-refractivity contribution in [3.8, 4) is 0 Å². The standard InChI is InChI=1S/C27H33N3O3/c1-3-7-20-12-13-22-25-24(26(32)28-17(2)19-8-5-4-6-9-19)21(16-31)23(15-30(22)27(20)33)29(25)14-18-10-11-18/h3-9,12-13,17-18,21,23-25,31H,10-11,14-16H2,1-2H3,(H,28,32)/b7-3+/t17-,21-,23-,24+,25+/m0/s1. The number of rotatable bonds is 7. The predicted octanol–water partition coefficient (Wildman–Crippen LogP) is 3.13. The number of hydrogen-bond acceptors (Lipinski definition) is 4. The summed E-state index contributed by atoms with van der Waals surface area (Å²) in [6, 6.07) is 13.5. The summed E-state index contributed by atoms with van der Waals surface area (Å²) < 4.78 is 1.85. The first-order valence-electron chi connectivity index (χ1n) is 12.1. The fraction of sp³-hybridized carbons (Fsp3) is 0.481. The van der Waals surface area contributed by atoms with Crippen LogP contribution >= 0.6 is 0 Å². The average Bonchev–Trinajstić information content (AvgIpc) is 3.61. The number of pyridine rings is 1. The Labute approximate surface area is 194 Å². The second-order valence-corrected chi connectivity index (χ2v) is 9.79. The summed E-state index contributed by atoms with van der Waals surface area (Å²) in [7, 11) is 0. The second-order valence-electron chi connectivity index (χ2n) is 9.79. The van der Waals surface area contributed by atoms with Crippen LogP contribution in [0.2, 0.25) is 0 Å². The molecule has 1 aromatic carbocycles. The zero-order valence-corrected chi connectivity index (χ0v) is 19.4. The van der Waals surface area contributed by atoms with Gasteiger partial charge in [-0.3, -0.25) is 14.5 Å². The summed E-state index contributed by atoms with van der Waals surface area (Å²) in [4.78, 5) is 29.3. The minimum Gasteiger partial charge on any atom is -0.396 e. The monoisotopic (exact) mass is 447 g/mol. The lowest BCUT2D eigenvalue weighted by Gasteiger charge is -2.38. The Morgan fingerprint density at radius 2 is 1.97 bits per heavy atom. The summed E-state index contributed by atoms with van der Waals surface area (Å²) in [5.41, 5.74) is 2.60. The van der Waals surface area contributed by atoms with Crippen molar-refractivity contribution < 1.29 is 9.90 Å². The molecule has 33 heavy (non-hydrogen) atoms. The molecule has 1 amide bonds. The minimum absolute atomic E-state index is 0.0120. The Bertz CT molecular complexity index is 1110. The van der Waals surface area contributed by atoms with E-state index in [9.17, 15) is 14.7 Å². The maximum absolute atomic E-state index is 13.7. The number of benzene rings is 1. The number of aliphatic hydroxyl groups excluding tert-OH is 1. The van der Waals surface area contributed by atoms with E-state index in [-0.39, 0.29) is 42.1 Å². The second kappa shape index (κ2) is 8.92. The van der Waals surface area contributed by atoms with Crippen LogP contribution in [0.25, 0.3) is 6.08 Å². The van der Waals surface area contributed by atoms with Crippen LogP contribution in [0.5, 0.6) is 0 Å². The van der Waals surface area contributed by atoms with E-state index in [2.05, 4.69) is 10.2 Å². The van der Waals surface area contributed by atoms with Gasteiger partial charge in [-0.1, -0.05) is 42.5 Å². The van der Waals surface area contributed by atoms with Gasteiger partial charge in [-0.05, 0) is 50.3 Å². The molecule has 2 bridgehead atoms. The Morgan fingerprint density at radius 3 is 2.64 bits per heavy atom. The highest BCUT2D eigenvalue weighted by Gasteiger charge is 2.56. The van der Waals surface area contributed by atoms with Gasteiger partial charge in [0, 0.05) is 42.9 Å². The molecule has 2 aromatic rings. The Morgan fingerprint density at radius 1 is 1.21 bits per heavy atom. The Hall–Kier alpha value is -2.70. The summed E-state index contributed by atoms with van der Waals surface area (Å²) in [5.74, 6) is 0.00363. The molecule has 5 rings (SSSR count). The number of carbonyl (C=O) groups excluding carboxylic acids is 1. The van der Waals surface area contributed by atoms with E-state index >= 15 is 0 Å². The first-order chi connectivity index (χ1) is 16.0. The molecule has 5 atom stereocenters. The van der Waals surface area contributed by atoms with Crippen LogP contribution in [0.15, 0.2) is 53.3 Å². The topological polar surface area (TPSA) is 74.6 Å². The zero-order valence-electron chi connectivity index (χ0n) is 19.4. The molecule has 174 valence electrons. The van der Waals surface area contributed by atoms with E-state index in [1.54, 1.807) is 0 Å². The highest BCUT2D eigenvalue weighted by molar-refractivity contribution is 5.81. The van der Waals surface area contributed by atoms with Gasteiger partial charge in [0.2, 0.25) is 5.91 Å². The quantitative estimate of drug-likeness (QED) is 0.684. The number of amides is 1. The number of aliphatic hydroxyl groups is 1. The maximum Gasteiger partial charge on any atom is 0.258 e. The third-order valence-electron chi connectivity index (χ3n) is 7.67. The number of nitrogens with zero attached hydrogens (tertiary/aromatic N) is 2. The van der Waals surface area contributed by atoms with E-state index < -0.39 is 5.92 Å². The molecule has 1 aromatic heterocycles. The Kier molecular flexibility index (Phi) is 5.97. The fourth-order valence-corrected chi connectivity index (χ4v) is 5.83. The number of carbonyl (C=O) groups is 1. The van der Waals surface area contributed by atoms with E-state index in [0.29, 0.717) is 18.0 Å². The molecule has 2 N–H and O–H groups in total. The number of aromatic nitrogens is 1. The summed E-state index contributed by atoms with van der Waals surface area (Å²) >= 11 is 0. The van der Waals surface area contributed by atoms with Gasteiger partial charge in [0.15, 0.2) is 0 Å². The van der Waals surface area contributed by atoms with Crippen LogP contribution in [0, 0.1) is 17.8 Å². The SMILES string of the molecule is C/C=C/c1ccc2n(c1=O)C[C@H]1[C@H](CO)[C@@H](C(=O)N[C@@H](C)c3ccccc3)[C@@H]2N1CC1CC1. The molecule has 6 heteroatoms. The van der Waals surface area contributed by atoms with Gasteiger partial charge in [-0.15, -0.1) is 0 Å². The van der Waals surface area contributed by atoms with Gasteiger partial charge >= 0.3 is 0 Å². The maximum atomic E-state index is 13.7. The highest BCUT2D eigenvalue weighted by atomic mass is 16.3. The van der Waals surface area contributed by atoms with E-state index in [1.165, 1.54) is 12.8 Å². The van der Waals surface area contributed by atoms with E-state index in [0.717, 1.165) is 17.8 Å². The molecular formula is C27H33N3O3. The highest BCUT2D eigenvalue weighted by Crippen LogP contribution is 2.50. The van der Waals surface area contributed by atoms with Crippen molar-refractivity contribution in [2.24, 2.45) is 17.8 Å². The summed E-state index contributed by atoms with van der Waals surface area (Å²) in [6.45, 7) is 5.28. The van der Waals surface area contributed by atoms with Gasteiger partial charge in [-0.2, -0.15) is 0 Å².